The summed E-state index contributed by atoms with van der Waals surface area (Å²) < 4.78 is 40.3. The number of carbonyl (C=O) groups is 1. The van der Waals surface area contributed by atoms with Gasteiger partial charge < -0.3 is 15.4 Å². The minimum Gasteiger partial charge on any atom is -0.382 e. The van der Waals surface area contributed by atoms with Crippen molar-refractivity contribution < 1.29 is 18.0 Å². The Morgan fingerprint density at radius 3 is 2.61 bits per heavy atom. The topological polar surface area (TPSA) is 77.0 Å². The first-order valence-electron chi connectivity index (χ1n) is 8.98. The maximum atomic E-state index is 13.1. The van der Waals surface area contributed by atoms with Crippen LogP contribution in [0.3, 0.4) is 0 Å². The third-order valence-corrected chi connectivity index (χ3v) is 5.78. The molecule has 0 radical (unpaired) electrons. The van der Waals surface area contributed by atoms with Crippen LogP contribution in [-0.2, 0) is 11.3 Å². The van der Waals surface area contributed by atoms with Crippen LogP contribution in [0, 0.1) is 11.8 Å². The number of alkyl halides is 3. The Bertz CT molecular complexity index is 888. The van der Waals surface area contributed by atoms with Crippen LogP contribution in [0.2, 0.25) is 5.02 Å². The van der Waals surface area contributed by atoms with Crippen molar-refractivity contribution in [3.8, 4) is 11.3 Å². The monoisotopic (exact) mass is 413 g/mol. The minimum absolute atomic E-state index is 0.0493. The molecular weight excluding hydrogens is 395 g/mol. The summed E-state index contributed by atoms with van der Waals surface area (Å²) in [7, 11) is 0. The summed E-state index contributed by atoms with van der Waals surface area (Å²) in [5.74, 6) is 0.813. The molecule has 0 spiro atoms. The largest absolute Gasteiger partial charge is 0.408 e. The molecule has 0 aromatic carbocycles. The number of pyridine rings is 1. The maximum absolute atomic E-state index is 13.1. The van der Waals surface area contributed by atoms with E-state index in [1.54, 1.807) is 12.1 Å². The Kier molecular flexibility index (Phi) is 4.83. The molecular formula is C18H19ClF3N5O. The third kappa shape index (κ3) is 3.73. The van der Waals surface area contributed by atoms with Gasteiger partial charge in [-0.15, -0.1) is 0 Å². The molecule has 1 aliphatic carbocycles. The van der Waals surface area contributed by atoms with Gasteiger partial charge in [0.2, 0.25) is 0 Å². The predicted octanol–water partition coefficient (Wildman–Crippen LogP) is 2.98. The lowest BCUT2D eigenvalue weighted by Gasteiger charge is -2.18. The molecule has 1 saturated heterocycles. The normalized spacial score (nSPS) is 24.4. The van der Waals surface area contributed by atoms with Crippen LogP contribution in [0.5, 0.6) is 0 Å². The van der Waals surface area contributed by atoms with Crippen LogP contribution < -0.4 is 5.73 Å². The van der Waals surface area contributed by atoms with Crippen LogP contribution in [0.1, 0.15) is 18.0 Å². The van der Waals surface area contributed by atoms with Crippen molar-refractivity contribution in [1.29, 1.82) is 0 Å². The van der Waals surface area contributed by atoms with Gasteiger partial charge in [-0.1, -0.05) is 11.6 Å². The van der Waals surface area contributed by atoms with E-state index in [4.69, 9.17) is 17.3 Å². The van der Waals surface area contributed by atoms with E-state index in [-0.39, 0.29) is 16.8 Å². The second kappa shape index (κ2) is 7.04. The molecule has 3 atom stereocenters. The second-order valence-electron chi connectivity index (χ2n) is 7.39. The minimum atomic E-state index is -4.37. The molecule has 2 aromatic rings. The molecule has 28 heavy (non-hydrogen) atoms. The van der Waals surface area contributed by atoms with Gasteiger partial charge in [0, 0.05) is 49.4 Å². The molecule has 0 amide bonds. The fourth-order valence-corrected chi connectivity index (χ4v) is 4.36. The van der Waals surface area contributed by atoms with Crippen molar-refractivity contribution in [2.24, 2.45) is 11.8 Å². The van der Waals surface area contributed by atoms with Crippen LogP contribution in [0.4, 0.5) is 19.0 Å². The van der Waals surface area contributed by atoms with Crippen LogP contribution in [-0.4, -0.2) is 51.8 Å². The van der Waals surface area contributed by atoms with Gasteiger partial charge >= 0.3 is 6.18 Å². The molecule has 150 valence electrons. The quantitative estimate of drug-likeness (QED) is 0.737. The van der Waals surface area contributed by atoms with Crippen molar-refractivity contribution in [3.63, 3.8) is 0 Å². The Balaban J connectivity index is 1.59. The average Bonchev–Trinajstić information content (AvgIpc) is 2.95. The predicted molar refractivity (Wildman–Crippen MR) is 97.8 cm³/mol. The van der Waals surface area contributed by atoms with Crippen LogP contribution >= 0.6 is 11.6 Å². The second-order valence-corrected chi connectivity index (χ2v) is 7.79. The number of nitrogens with two attached hydrogens (primary N) is 1. The molecule has 1 saturated carbocycles. The molecule has 10 heteroatoms. The highest BCUT2D eigenvalue weighted by Gasteiger charge is 2.57. The summed E-state index contributed by atoms with van der Waals surface area (Å²) in [5.41, 5.74) is 7.12. The lowest BCUT2D eigenvalue weighted by molar-refractivity contribution is -0.143. The summed E-state index contributed by atoms with van der Waals surface area (Å²) in [5, 5.41) is 4.43. The summed E-state index contributed by atoms with van der Waals surface area (Å²) in [6.07, 6.45) is -1.54. The molecule has 2 N–H and O–H groups in total. The van der Waals surface area contributed by atoms with Gasteiger partial charge in [-0.2, -0.15) is 18.3 Å². The number of hydrogen-bond donors (Lipinski definition) is 1. The van der Waals surface area contributed by atoms with Crippen molar-refractivity contribution in [2.75, 3.05) is 25.4 Å². The first kappa shape index (κ1) is 19.2. The highest BCUT2D eigenvalue weighted by Crippen LogP contribution is 2.58. The zero-order chi connectivity index (χ0) is 20.1. The fraction of sp³-hybridized carbons (Fsp3) is 0.500. The van der Waals surface area contributed by atoms with Crippen LogP contribution in [0.15, 0.2) is 18.3 Å². The van der Waals surface area contributed by atoms with Crippen molar-refractivity contribution >= 4 is 23.7 Å². The molecule has 0 bridgehead atoms. The smallest absolute Gasteiger partial charge is 0.382 e. The zero-order valence-corrected chi connectivity index (χ0v) is 15.6. The first-order chi connectivity index (χ1) is 13.3. The summed E-state index contributed by atoms with van der Waals surface area (Å²) >= 11 is 5.99. The number of aldehydes is 1. The Labute approximate surface area is 164 Å². The molecule has 2 aliphatic rings. The van der Waals surface area contributed by atoms with E-state index >= 15 is 0 Å². The maximum Gasteiger partial charge on any atom is 0.408 e. The summed E-state index contributed by atoms with van der Waals surface area (Å²) in [6, 6.07) is 3.26. The number of nitrogens with zero attached hydrogens (tertiary/aromatic N) is 4. The van der Waals surface area contributed by atoms with E-state index in [1.807, 2.05) is 0 Å². The number of nitrogen functional groups attached to an aromatic ring is 1. The van der Waals surface area contributed by atoms with Gasteiger partial charge in [-0.05, 0) is 24.0 Å². The van der Waals surface area contributed by atoms with E-state index in [9.17, 15) is 18.0 Å². The Hall–Kier alpha value is -2.13. The number of likely N-dealkylation sites (tertiary alicyclic amines) is 1. The third-order valence-electron chi connectivity index (χ3n) is 5.48. The number of rotatable bonds is 6. The average molecular weight is 414 g/mol. The zero-order valence-electron chi connectivity index (χ0n) is 14.9. The lowest BCUT2D eigenvalue weighted by Crippen LogP contribution is -2.26. The summed E-state index contributed by atoms with van der Waals surface area (Å²) in [4.78, 5) is 16.7. The molecule has 2 aromatic heterocycles. The van der Waals surface area contributed by atoms with E-state index in [1.165, 1.54) is 6.20 Å². The van der Waals surface area contributed by atoms with Crippen LogP contribution in [0.25, 0.3) is 11.3 Å². The van der Waals surface area contributed by atoms with E-state index in [0.717, 1.165) is 24.1 Å². The Morgan fingerprint density at radius 1 is 1.29 bits per heavy atom. The number of anilines is 1. The number of piperidine rings is 1. The highest BCUT2D eigenvalue weighted by molar-refractivity contribution is 6.33. The molecule has 1 aliphatic heterocycles. The lowest BCUT2D eigenvalue weighted by atomic mass is 10.1. The van der Waals surface area contributed by atoms with Gasteiger partial charge in [0.05, 0.1) is 10.7 Å². The molecule has 2 fully saturated rings. The SMILES string of the molecule is Nc1ncc(-c2cc([C@H]3[C@@H]4CN(CCC=O)C[C@@H]43)n(CC(F)(F)F)n2)cc1Cl. The number of fused-ring (bicyclic) bond motifs is 1. The van der Waals surface area contributed by atoms with E-state index in [2.05, 4.69) is 15.0 Å². The van der Waals surface area contributed by atoms with Crippen molar-refractivity contribution in [3.05, 3.63) is 29.0 Å². The number of hydrogen-bond acceptors (Lipinski definition) is 5. The van der Waals surface area contributed by atoms with E-state index in [0.29, 0.717) is 41.8 Å². The number of carbonyl (C=O) groups excluding carboxylic acids is 1. The van der Waals surface area contributed by atoms with Gasteiger partial charge in [0.1, 0.15) is 18.6 Å². The van der Waals surface area contributed by atoms with Gasteiger partial charge in [0.25, 0.3) is 0 Å². The molecule has 3 heterocycles. The Morgan fingerprint density at radius 2 is 2.00 bits per heavy atom. The summed E-state index contributed by atoms with van der Waals surface area (Å²) in [6.45, 7) is 1.16. The standard InChI is InChI=1S/C18H19ClF3N5O/c19-13-4-10(6-24-17(13)23)14-5-15(27(25-14)9-18(20,21)22)16-11-7-26(2-1-3-28)8-12(11)16/h3-6,11-12,16H,1-2,7-9H2,(H2,23,24)/t11-,12+,16+. The number of halogens is 4. The first-order valence-corrected chi connectivity index (χ1v) is 9.36. The number of aromatic nitrogens is 3. The molecule has 6 nitrogen and oxygen atoms in total. The molecule has 4 rings (SSSR count). The van der Waals surface area contributed by atoms with Gasteiger partial charge in [0.15, 0.2) is 0 Å². The van der Waals surface area contributed by atoms with Crippen molar-refractivity contribution in [1.82, 2.24) is 19.7 Å². The fourth-order valence-electron chi connectivity index (χ4n) is 4.20. The van der Waals surface area contributed by atoms with Gasteiger partial charge in [-0.3, -0.25) is 4.68 Å². The molecule has 0 unspecified atom stereocenters. The highest BCUT2D eigenvalue weighted by atomic mass is 35.5. The van der Waals surface area contributed by atoms with Crippen molar-refractivity contribution in [2.45, 2.75) is 25.1 Å². The van der Waals surface area contributed by atoms with E-state index < -0.39 is 12.7 Å². The van der Waals surface area contributed by atoms with Gasteiger partial charge in [-0.25, -0.2) is 4.98 Å².